The first kappa shape index (κ1) is 13.7. The van der Waals surface area contributed by atoms with Crippen LogP contribution < -0.4 is 15.5 Å². The van der Waals surface area contributed by atoms with Crippen molar-refractivity contribution >= 4 is 11.7 Å². The van der Waals surface area contributed by atoms with Crippen molar-refractivity contribution in [2.45, 2.75) is 12.7 Å². The van der Waals surface area contributed by atoms with Crippen molar-refractivity contribution in [3.8, 4) is 0 Å². The number of anilines is 1. The van der Waals surface area contributed by atoms with Gasteiger partial charge in [0.1, 0.15) is 6.54 Å². The van der Waals surface area contributed by atoms with Crippen LogP contribution in [-0.2, 0) is 6.54 Å². The van der Waals surface area contributed by atoms with Crippen molar-refractivity contribution in [1.82, 2.24) is 10.6 Å². The maximum absolute atomic E-state index is 12.1. The Morgan fingerprint density at radius 2 is 2.11 bits per heavy atom. The van der Waals surface area contributed by atoms with Gasteiger partial charge in [0.25, 0.3) is 0 Å². The van der Waals surface area contributed by atoms with E-state index < -0.39 is 18.8 Å². The molecule has 1 aromatic rings. The summed E-state index contributed by atoms with van der Waals surface area (Å²) in [5, 5.41) is 5.01. The van der Waals surface area contributed by atoms with Gasteiger partial charge in [-0.15, -0.1) is 0 Å². The number of nitrogens with one attached hydrogen (secondary N) is 2. The molecule has 7 heteroatoms. The van der Waals surface area contributed by atoms with Gasteiger partial charge in [-0.2, -0.15) is 13.2 Å². The van der Waals surface area contributed by atoms with E-state index in [0.29, 0.717) is 25.3 Å². The van der Waals surface area contributed by atoms with E-state index in [4.69, 9.17) is 0 Å². The number of carbonyl (C=O) groups excluding carboxylic acids is 1. The third kappa shape index (κ3) is 3.60. The number of para-hydroxylation sites is 1. The molecule has 0 aliphatic carbocycles. The molecule has 0 saturated heterocycles. The number of fused-ring (bicyclic) bond motifs is 1. The number of hydrogen-bond donors (Lipinski definition) is 2. The van der Waals surface area contributed by atoms with E-state index in [-0.39, 0.29) is 0 Å². The lowest BCUT2D eigenvalue weighted by Gasteiger charge is -2.23. The topological polar surface area (TPSA) is 44.4 Å². The van der Waals surface area contributed by atoms with E-state index >= 15 is 0 Å². The Bertz CT molecular complexity index is 462. The van der Waals surface area contributed by atoms with Gasteiger partial charge in [0, 0.05) is 25.3 Å². The summed E-state index contributed by atoms with van der Waals surface area (Å²) in [6.45, 7) is 0.145. The van der Waals surface area contributed by atoms with Gasteiger partial charge in [0.05, 0.1) is 0 Å². The van der Waals surface area contributed by atoms with Crippen molar-refractivity contribution in [1.29, 1.82) is 0 Å². The molecule has 1 aliphatic heterocycles. The zero-order valence-corrected chi connectivity index (χ0v) is 10.1. The summed E-state index contributed by atoms with van der Waals surface area (Å²) < 4.78 is 36.3. The third-order valence-corrected chi connectivity index (χ3v) is 2.80. The average Bonchev–Trinajstić information content (AvgIpc) is 2.57. The monoisotopic (exact) mass is 273 g/mol. The van der Waals surface area contributed by atoms with Gasteiger partial charge >= 0.3 is 12.2 Å². The van der Waals surface area contributed by atoms with Crippen LogP contribution in [0, 0.1) is 0 Å². The van der Waals surface area contributed by atoms with Crippen LogP contribution in [0.15, 0.2) is 24.3 Å². The number of amides is 2. The first-order chi connectivity index (χ1) is 8.97. The smallest absolute Gasteiger partial charge is 0.329 e. The molecule has 19 heavy (non-hydrogen) atoms. The van der Waals surface area contributed by atoms with Gasteiger partial charge in [-0.25, -0.2) is 4.79 Å². The maximum atomic E-state index is 12.1. The Morgan fingerprint density at radius 1 is 1.37 bits per heavy atom. The number of nitrogens with zero attached hydrogens (tertiary/aromatic N) is 1. The number of rotatable bonds is 1. The zero-order chi connectivity index (χ0) is 13.9. The van der Waals surface area contributed by atoms with Gasteiger partial charge < -0.3 is 10.6 Å². The van der Waals surface area contributed by atoms with Crippen LogP contribution in [0.1, 0.15) is 5.56 Å². The molecule has 2 amide bonds. The molecular formula is C12H14F3N3O. The predicted molar refractivity (Wildman–Crippen MR) is 64.9 cm³/mol. The lowest BCUT2D eigenvalue weighted by Crippen LogP contribution is -2.45. The number of benzene rings is 1. The summed E-state index contributed by atoms with van der Waals surface area (Å²) in [7, 11) is 0. The molecule has 4 nitrogen and oxygen atoms in total. The number of urea groups is 1. The second kappa shape index (κ2) is 5.48. The largest absolute Gasteiger partial charge is 0.405 e. The fourth-order valence-corrected chi connectivity index (χ4v) is 1.94. The van der Waals surface area contributed by atoms with Crippen LogP contribution in [0.2, 0.25) is 0 Å². The lowest BCUT2D eigenvalue weighted by molar-refractivity contribution is -0.122. The highest BCUT2D eigenvalue weighted by Gasteiger charge is 2.29. The third-order valence-electron chi connectivity index (χ3n) is 2.80. The first-order valence-corrected chi connectivity index (χ1v) is 5.88. The van der Waals surface area contributed by atoms with Gasteiger partial charge in [-0.05, 0) is 11.6 Å². The van der Waals surface area contributed by atoms with Crippen LogP contribution in [0.25, 0.3) is 0 Å². The van der Waals surface area contributed by atoms with E-state index in [1.165, 1.54) is 4.90 Å². The highest BCUT2D eigenvalue weighted by atomic mass is 19.4. The van der Waals surface area contributed by atoms with Crippen LogP contribution in [-0.4, -0.2) is 31.8 Å². The molecule has 0 unspecified atom stereocenters. The maximum Gasteiger partial charge on any atom is 0.405 e. The molecule has 0 spiro atoms. The van der Waals surface area contributed by atoms with Gasteiger partial charge in [0.15, 0.2) is 0 Å². The lowest BCUT2D eigenvalue weighted by atomic mass is 10.1. The Labute approximate surface area is 108 Å². The molecule has 0 aromatic heterocycles. The second-order valence-corrected chi connectivity index (χ2v) is 4.23. The van der Waals surface area contributed by atoms with E-state index in [0.717, 1.165) is 5.56 Å². The van der Waals surface area contributed by atoms with Crippen LogP contribution in [0.5, 0.6) is 0 Å². The second-order valence-electron chi connectivity index (χ2n) is 4.23. The van der Waals surface area contributed by atoms with Gasteiger partial charge in [0.2, 0.25) is 0 Å². The number of carbonyl (C=O) groups is 1. The van der Waals surface area contributed by atoms with Gasteiger partial charge in [-0.3, -0.25) is 4.90 Å². The Balaban J connectivity index is 2.13. The van der Waals surface area contributed by atoms with Crippen LogP contribution in [0.3, 0.4) is 0 Å². The minimum Gasteiger partial charge on any atom is -0.329 e. The van der Waals surface area contributed by atoms with E-state index in [9.17, 15) is 18.0 Å². The summed E-state index contributed by atoms with van der Waals surface area (Å²) in [5.41, 5.74) is 1.54. The molecule has 1 aliphatic rings. The van der Waals surface area contributed by atoms with Crippen LogP contribution in [0.4, 0.5) is 23.7 Å². The predicted octanol–water partition coefficient (Wildman–Crippen LogP) is 1.87. The molecule has 0 bridgehead atoms. The normalized spacial score (nSPS) is 15.6. The molecule has 2 N–H and O–H groups in total. The molecule has 0 atom stereocenters. The highest BCUT2D eigenvalue weighted by molar-refractivity contribution is 5.93. The fourth-order valence-electron chi connectivity index (χ4n) is 1.94. The van der Waals surface area contributed by atoms with E-state index in [1.54, 1.807) is 12.1 Å². The summed E-state index contributed by atoms with van der Waals surface area (Å²) in [6, 6.07) is 6.44. The first-order valence-electron chi connectivity index (χ1n) is 5.88. The Hall–Kier alpha value is -1.76. The van der Waals surface area contributed by atoms with Crippen molar-refractivity contribution in [3.05, 3.63) is 29.8 Å². The summed E-state index contributed by atoms with van der Waals surface area (Å²) >= 11 is 0. The minimum atomic E-state index is -4.40. The standard InChI is InChI=1S/C12H14F3N3O/c13-12(14,15)8-17-11(19)18-6-5-16-7-9-3-1-2-4-10(9)18/h1-4,16H,5-8H2,(H,17,19). The van der Waals surface area contributed by atoms with Crippen molar-refractivity contribution in [3.63, 3.8) is 0 Å². The molecule has 0 fully saturated rings. The van der Waals surface area contributed by atoms with E-state index in [1.807, 2.05) is 17.4 Å². The van der Waals surface area contributed by atoms with Crippen molar-refractivity contribution in [2.24, 2.45) is 0 Å². The molecular weight excluding hydrogens is 259 g/mol. The molecule has 0 saturated carbocycles. The van der Waals surface area contributed by atoms with Crippen molar-refractivity contribution in [2.75, 3.05) is 24.5 Å². The quantitative estimate of drug-likeness (QED) is 0.820. The van der Waals surface area contributed by atoms with Gasteiger partial charge in [-0.1, -0.05) is 18.2 Å². The number of hydrogen-bond acceptors (Lipinski definition) is 2. The van der Waals surface area contributed by atoms with Crippen LogP contribution >= 0.6 is 0 Å². The SMILES string of the molecule is O=C(NCC(F)(F)F)N1CCNCc2ccccc21. The molecule has 2 rings (SSSR count). The number of alkyl halides is 3. The summed E-state index contributed by atoms with van der Waals surface area (Å²) in [6.07, 6.45) is -4.40. The summed E-state index contributed by atoms with van der Waals surface area (Å²) in [4.78, 5) is 13.2. The summed E-state index contributed by atoms with van der Waals surface area (Å²) in [5.74, 6) is 0. The zero-order valence-electron chi connectivity index (χ0n) is 10.1. The molecule has 0 radical (unpaired) electrons. The minimum absolute atomic E-state index is 0.334. The average molecular weight is 273 g/mol. The van der Waals surface area contributed by atoms with E-state index in [2.05, 4.69) is 5.32 Å². The Morgan fingerprint density at radius 3 is 2.84 bits per heavy atom. The molecule has 104 valence electrons. The highest BCUT2D eigenvalue weighted by Crippen LogP contribution is 2.22. The Kier molecular flexibility index (Phi) is 3.94. The van der Waals surface area contributed by atoms with Crippen molar-refractivity contribution < 1.29 is 18.0 Å². The molecule has 1 aromatic carbocycles. The molecule has 1 heterocycles. The number of halogens is 3. The fraction of sp³-hybridized carbons (Fsp3) is 0.417.